The summed E-state index contributed by atoms with van der Waals surface area (Å²) in [6.45, 7) is 4.09. The van der Waals surface area contributed by atoms with Gasteiger partial charge in [0.15, 0.2) is 14.6 Å². The van der Waals surface area contributed by atoms with Crippen molar-refractivity contribution >= 4 is 37.3 Å². The lowest BCUT2D eigenvalue weighted by atomic mass is 10.1. The van der Waals surface area contributed by atoms with Crippen LogP contribution in [0.4, 0.5) is 0 Å². The summed E-state index contributed by atoms with van der Waals surface area (Å²) in [5, 5.41) is 0. The smallest absolute Gasteiger partial charge is 0.252 e. The summed E-state index contributed by atoms with van der Waals surface area (Å²) >= 11 is 1.51. The summed E-state index contributed by atoms with van der Waals surface area (Å²) in [4.78, 5) is 17.5. The first-order chi connectivity index (χ1) is 12.2. The van der Waals surface area contributed by atoms with Gasteiger partial charge in [-0.1, -0.05) is 35.6 Å². The number of aryl methyl sites for hydroxylation is 3. The van der Waals surface area contributed by atoms with E-state index in [1.807, 2.05) is 25.5 Å². The summed E-state index contributed by atoms with van der Waals surface area (Å²) < 4.78 is 26.1. The second-order valence-electron chi connectivity index (χ2n) is 6.42. The van der Waals surface area contributed by atoms with Crippen LogP contribution in [0.2, 0.25) is 0 Å². The van der Waals surface area contributed by atoms with E-state index in [2.05, 4.69) is 17.1 Å². The molecule has 0 aliphatic heterocycles. The van der Waals surface area contributed by atoms with E-state index in [0.717, 1.165) is 33.2 Å². The maximum atomic E-state index is 12.4. The van der Waals surface area contributed by atoms with Crippen LogP contribution in [-0.2, 0) is 28.1 Å². The average molecular weight is 389 g/mol. The molecule has 26 heavy (non-hydrogen) atoms. The Balaban J connectivity index is 1.92. The molecule has 0 saturated carbocycles. The largest absolute Gasteiger partial charge is 0.319 e. The minimum Gasteiger partial charge on any atom is -0.319 e. The first-order valence-corrected chi connectivity index (χ1v) is 10.8. The van der Waals surface area contributed by atoms with Crippen LogP contribution < -0.4 is 4.80 Å². The lowest BCUT2D eigenvalue weighted by Crippen LogP contribution is -2.14. The highest BCUT2D eigenvalue weighted by Crippen LogP contribution is 2.24. The van der Waals surface area contributed by atoms with Crippen molar-refractivity contribution < 1.29 is 13.2 Å². The van der Waals surface area contributed by atoms with Crippen LogP contribution >= 0.6 is 11.3 Å². The van der Waals surface area contributed by atoms with Crippen molar-refractivity contribution in [2.24, 2.45) is 12.0 Å². The van der Waals surface area contributed by atoms with E-state index in [-0.39, 0.29) is 17.2 Å². The maximum absolute atomic E-state index is 12.4. The van der Waals surface area contributed by atoms with Crippen LogP contribution in [-0.4, -0.2) is 25.1 Å². The number of fused-ring (bicyclic) bond motifs is 1. The highest BCUT2D eigenvalue weighted by atomic mass is 32.2. The Labute approximate surface area is 156 Å². The number of aromatic nitrogens is 1. The van der Waals surface area contributed by atoms with Gasteiger partial charge in [-0.25, -0.2) is 8.42 Å². The van der Waals surface area contributed by atoms with Gasteiger partial charge in [-0.05, 0) is 42.7 Å². The van der Waals surface area contributed by atoms with Crippen LogP contribution in [0, 0.1) is 13.8 Å². The number of hydrogen-bond donors (Lipinski definition) is 0. The highest BCUT2D eigenvalue weighted by Gasteiger charge is 2.11. The van der Waals surface area contributed by atoms with Crippen molar-refractivity contribution in [3.05, 3.63) is 57.9 Å². The fourth-order valence-electron chi connectivity index (χ4n) is 2.84. The molecule has 0 saturated heterocycles. The molecule has 3 rings (SSSR count). The van der Waals surface area contributed by atoms with E-state index in [9.17, 15) is 13.2 Å². The molecule has 7 heteroatoms. The number of hydrogen-bond acceptors (Lipinski definition) is 4. The van der Waals surface area contributed by atoms with E-state index in [1.165, 1.54) is 23.5 Å². The first-order valence-electron chi connectivity index (χ1n) is 8.09. The molecule has 1 amide bonds. The van der Waals surface area contributed by atoms with E-state index in [0.29, 0.717) is 4.80 Å². The summed E-state index contributed by atoms with van der Waals surface area (Å²) in [7, 11) is -1.32. The molecule has 1 heterocycles. The molecule has 3 aromatic rings. The summed E-state index contributed by atoms with van der Waals surface area (Å²) in [6, 6.07) is 10.5. The fraction of sp³-hybridized carbons (Fsp3) is 0.263. The van der Waals surface area contributed by atoms with Crippen molar-refractivity contribution in [1.82, 2.24) is 4.57 Å². The van der Waals surface area contributed by atoms with Crippen LogP contribution in [0.25, 0.3) is 10.2 Å². The Kier molecular flexibility index (Phi) is 4.86. The maximum Gasteiger partial charge on any atom is 0.252 e. The molecule has 5 nitrogen and oxygen atoms in total. The number of carbonyl (C=O) groups excluding carboxylic acids is 1. The van der Waals surface area contributed by atoms with Gasteiger partial charge in [0.05, 0.1) is 21.5 Å². The molecule has 0 N–H and O–H groups in total. The second-order valence-corrected chi connectivity index (χ2v) is 9.41. The number of amides is 1. The van der Waals surface area contributed by atoms with Gasteiger partial charge in [-0.2, -0.15) is 4.99 Å². The number of thiazole rings is 1. The van der Waals surface area contributed by atoms with Gasteiger partial charge in [0.2, 0.25) is 0 Å². The van der Waals surface area contributed by atoms with E-state index < -0.39 is 9.84 Å². The molecule has 0 aliphatic carbocycles. The Hall–Kier alpha value is -2.25. The Morgan fingerprint density at radius 2 is 1.69 bits per heavy atom. The molecule has 0 aliphatic rings. The number of benzene rings is 2. The quantitative estimate of drug-likeness (QED) is 0.693. The van der Waals surface area contributed by atoms with Gasteiger partial charge in [0.25, 0.3) is 5.91 Å². The van der Waals surface area contributed by atoms with Crippen molar-refractivity contribution in [2.75, 3.05) is 6.26 Å². The number of rotatable bonds is 3. The van der Waals surface area contributed by atoms with Crippen molar-refractivity contribution in [3.63, 3.8) is 0 Å². The molecular weight excluding hydrogens is 368 g/mol. The first kappa shape index (κ1) is 18.5. The molecular formula is C19H20N2O3S2. The molecule has 0 unspecified atom stereocenters. The standard InChI is InChI=1S/C19H20N2O3S2/c1-12-5-6-13(2)18-17(12)21(3)19(25-18)20-16(22)11-14-7-9-15(10-8-14)26(4,23)24/h5-10H,11H2,1-4H3. The van der Waals surface area contributed by atoms with Gasteiger partial charge in [0, 0.05) is 13.3 Å². The third-order valence-corrected chi connectivity index (χ3v) is 6.67. The molecule has 0 spiro atoms. The molecule has 0 radical (unpaired) electrons. The van der Waals surface area contributed by atoms with E-state index in [1.54, 1.807) is 12.1 Å². The monoisotopic (exact) mass is 388 g/mol. The van der Waals surface area contributed by atoms with Crippen LogP contribution in [0.5, 0.6) is 0 Å². The van der Waals surface area contributed by atoms with Crippen molar-refractivity contribution in [2.45, 2.75) is 25.2 Å². The lowest BCUT2D eigenvalue weighted by Gasteiger charge is -2.02. The molecule has 0 fully saturated rings. The third kappa shape index (κ3) is 3.64. The summed E-state index contributed by atoms with van der Waals surface area (Å²) in [5.74, 6) is -0.255. The molecule has 136 valence electrons. The van der Waals surface area contributed by atoms with Gasteiger partial charge < -0.3 is 4.57 Å². The van der Waals surface area contributed by atoms with Gasteiger partial charge in [-0.15, -0.1) is 0 Å². The predicted molar refractivity (Wildman–Crippen MR) is 104 cm³/mol. The molecule has 1 aromatic heterocycles. The zero-order valence-electron chi connectivity index (χ0n) is 15.1. The Morgan fingerprint density at radius 3 is 2.27 bits per heavy atom. The zero-order chi connectivity index (χ0) is 19.1. The minimum atomic E-state index is -3.24. The summed E-state index contributed by atoms with van der Waals surface area (Å²) in [6.07, 6.45) is 1.30. The van der Waals surface area contributed by atoms with Crippen LogP contribution in [0.15, 0.2) is 46.3 Å². The van der Waals surface area contributed by atoms with Crippen LogP contribution in [0.1, 0.15) is 16.7 Å². The second kappa shape index (κ2) is 6.81. The van der Waals surface area contributed by atoms with E-state index in [4.69, 9.17) is 0 Å². The van der Waals surface area contributed by atoms with Crippen molar-refractivity contribution in [3.8, 4) is 0 Å². The fourth-order valence-corrected chi connectivity index (χ4v) is 4.66. The minimum absolute atomic E-state index is 0.135. The SMILES string of the molecule is Cc1ccc(C)c2c1sc(=NC(=O)Cc1ccc(S(C)(=O)=O)cc1)n2C. The lowest BCUT2D eigenvalue weighted by molar-refractivity contribution is -0.117. The van der Waals surface area contributed by atoms with E-state index >= 15 is 0 Å². The Morgan fingerprint density at radius 1 is 1.08 bits per heavy atom. The highest BCUT2D eigenvalue weighted by molar-refractivity contribution is 7.90. The van der Waals surface area contributed by atoms with Gasteiger partial charge >= 0.3 is 0 Å². The Bertz CT molecular complexity index is 1170. The zero-order valence-corrected chi connectivity index (χ0v) is 16.7. The number of carbonyl (C=O) groups is 1. The predicted octanol–water partition coefficient (Wildman–Crippen LogP) is 2.93. The van der Waals surface area contributed by atoms with Crippen LogP contribution in [0.3, 0.4) is 0 Å². The third-order valence-electron chi connectivity index (χ3n) is 4.27. The summed E-state index contributed by atoms with van der Waals surface area (Å²) in [5.41, 5.74) is 4.15. The normalized spacial score (nSPS) is 12.7. The molecule has 0 atom stereocenters. The number of sulfone groups is 1. The molecule has 2 aromatic carbocycles. The topological polar surface area (TPSA) is 68.5 Å². The number of nitrogens with zero attached hydrogens (tertiary/aromatic N) is 2. The van der Waals surface area contributed by atoms with Gasteiger partial charge in [-0.3, -0.25) is 4.79 Å². The molecule has 0 bridgehead atoms. The average Bonchev–Trinajstić information content (AvgIpc) is 2.88. The van der Waals surface area contributed by atoms with Crippen molar-refractivity contribution in [1.29, 1.82) is 0 Å². The van der Waals surface area contributed by atoms with Gasteiger partial charge in [0.1, 0.15) is 0 Å².